The molecule has 0 aliphatic carbocycles. The van der Waals surface area contributed by atoms with Crippen LogP contribution < -0.4 is 11.1 Å². The Hall–Kier alpha value is -1.11. The first-order chi connectivity index (χ1) is 8.75. The summed E-state index contributed by atoms with van der Waals surface area (Å²) in [4.78, 5) is 11.9. The van der Waals surface area contributed by atoms with Crippen LogP contribution in [0.3, 0.4) is 0 Å². The van der Waals surface area contributed by atoms with E-state index in [1.807, 2.05) is 6.92 Å². The van der Waals surface area contributed by atoms with E-state index in [4.69, 9.17) is 17.3 Å². The van der Waals surface area contributed by atoms with Crippen LogP contribution in [0.5, 0.6) is 0 Å². The molecule has 0 saturated carbocycles. The molecule has 7 heteroatoms. The Balaban J connectivity index is 2.98. The van der Waals surface area contributed by atoms with E-state index in [1.54, 1.807) is 0 Å². The summed E-state index contributed by atoms with van der Waals surface area (Å²) in [6.45, 7) is 1.92. The van der Waals surface area contributed by atoms with E-state index in [0.29, 0.717) is 6.42 Å². The molecule has 1 aromatic carbocycles. The number of anilines is 1. The normalized spacial score (nSPS) is 13.1. The average molecular weight is 305 g/mol. The molecule has 1 aromatic rings. The molecule has 1 rings (SSSR count). The lowest BCUT2D eigenvalue weighted by Gasteiger charge is -2.13. The highest BCUT2D eigenvalue weighted by molar-refractivity contribution is 7.90. The van der Waals surface area contributed by atoms with Crippen LogP contribution in [0.1, 0.15) is 19.8 Å². The molecule has 0 spiro atoms. The minimum Gasteiger partial charge on any atom is -0.323 e. The predicted molar refractivity (Wildman–Crippen MR) is 76.1 cm³/mol. The summed E-state index contributed by atoms with van der Waals surface area (Å²) in [6.07, 6.45) is 2.42. The molecular weight excluding hydrogens is 288 g/mol. The Kier molecular flexibility index (Phi) is 5.34. The largest absolute Gasteiger partial charge is 0.323 e. The number of nitrogens with one attached hydrogen (secondary N) is 1. The summed E-state index contributed by atoms with van der Waals surface area (Å²) < 4.78 is 22.9. The second-order valence-corrected chi connectivity index (χ2v) is 6.72. The highest BCUT2D eigenvalue weighted by Gasteiger charge is 2.16. The molecule has 0 aromatic heterocycles. The lowest BCUT2D eigenvalue weighted by Crippen LogP contribution is -2.35. The van der Waals surface area contributed by atoms with Gasteiger partial charge >= 0.3 is 0 Å². The molecule has 0 unspecified atom stereocenters. The predicted octanol–water partition coefficient (Wildman–Crippen LogP) is 1.81. The number of rotatable bonds is 5. The fraction of sp³-hybridized carbons (Fsp3) is 0.417. The van der Waals surface area contributed by atoms with Crippen LogP contribution in [0.25, 0.3) is 0 Å². The molecule has 5 nitrogen and oxygen atoms in total. The van der Waals surface area contributed by atoms with Gasteiger partial charge in [-0.1, -0.05) is 24.9 Å². The summed E-state index contributed by atoms with van der Waals surface area (Å²) in [5, 5.41) is 2.81. The van der Waals surface area contributed by atoms with Crippen molar-refractivity contribution in [3.63, 3.8) is 0 Å². The van der Waals surface area contributed by atoms with Gasteiger partial charge in [0.05, 0.1) is 21.6 Å². The van der Waals surface area contributed by atoms with Crippen molar-refractivity contribution in [2.24, 2.45) is 5.73 Å². The van der Waals surface area contributed by atoms with Gasteiger partial charge in [0.2, 0.25) is 5.91 Å². The van der Waals surface area contributed by atoms with Gasteiger partial charge in [-0.3, -0.25) is 4.79 Å². The van der Waals surface area contributed by atoms with Gasteiger partial charge in [0, 0.05) is 6.26 Å². The first-order valence-corrected chi connectivity index (χ1v) is 8.08. The fourth-order valence-electron chi connectivity index (χ4n) is 1.50. The monoisotopic (exact) mass is 304 g/mol. The summed E-state index contributed by atoms with van der Waals surface area (Å²) in [5.74, 6) is -0.380. The Bertz CT molecular complexity index is 572. The Morgan fingerprint density at radius 3 is 2.63 bits per heavy atom. The van der Waals surface area contributed by atoms with Gasteiger partial charge in [-0.05, 0) is 24.6 Å². The molecule has 106 valence electrons. The van der Waals surface area contributed by atoms with Crippen molar-refractivity contribution >= 4 is 33.0 Å². The van der Waals surface area contributed by atoms with Gasteiger partial charge in [0.1, 0.15) is 0 Å². The first-order valence-electron chi connectivity index (χ1n) is 5.81. The standard InChI is InChI=1S/C12H17ClN2O3S/c1-3-4-10(14)12(16)15-11-7-8(19(2,17)18)5-6-9(11)13/h5-7,10H,3-4,14H2,1-2H3,(H,15,16)/t10-/m0/s1. The maximum absolute atomic E-state index is 11.8. The molecular formula is C12H17ClN2O3S. The number of carbonyl (C=O) groups excluding carboxylic acids is 1. The third kappa shape index (κ3) is 4.49. The van der Waals surface area contributed by atoms with E-state index in [-0.39, 0.29) is 21.5 Å². The van der Waals surface area contributed by atoms with Crippen LogP contribution >= 0.6 is 11.6 Å². The number of benzene rings is 1. The Labute approximate surface area is 118 Å². The number of amides is 1. The van der Waals surface area contributed by atoms with Gasteiger partial charge in [0.15, 0.2) is 9.84 Å². The van der Waals surface area contributed by atoms with Crippen LogP contribution in [0.15, 0.2) is 23.1 Å². The third-order valence-corrected chi connectivity index (χ3v) is 4.00. The molecule has 1 amide bonds. The summed E-state index contributed by atoms with van der Waals surface area (Å²) in [5.41, 5.74) is 5.93. The highest BCUT2D eigenvalue weighted by atomic mass is 35.5. The van der Waals surface area contributed by atoms with Crippen LogP contribution in [-0.2, 0) is 14.6 Å². The molecule has 0 bridgehead atoms. The Morgan fingerprint density at radius 2 is 2.11 bits per heavy atom. The van der Waals surface area contributed by atoms with E-state index in [9.17, 15) is 13.2 Å². The fourth-order valence-corrected chi connectivity index (χ4v) is 2.31. The molecule has 0 aliphatic heterocycles. The van der Waals surface area contributed by atoms with Gasteiger partial charge in [0.25, 0.3) is 0 Å². The topological polar surface area (TPSA) is 89.3 Å². The summed E-state index contributed by atoms with van der Waals surface area (Å²) in [6, 6.07) is 3.51. The number of carbonyl (C=O) groups is 1. The molecule has 0 fully saturated rings. The van der Waals surface area contributed by atoms with E-state index in [1.165, 1.54) is 18.2 Å². The summed E-state index contributed by atoms with van der Waals surface area (Å²) >= 11 is 5.92. The zero-order valence-corrected chi connectivity index (χ0v) is 12.4. The van der Waals surface area contributed by atoms with Crippen LogP contribution in [0.2, 0.25) is 5.02 Å². The van der Waals surface area contributed by atoms with Crippen LogP contribution in [-0.4, -0.2) is 26.6 Å². The highest BCUT2D eigenvalue weighted by Crippen LogP contribution is 2.25. The summed E-state index contributed by atoms with van der Waals surface area (Å²) in [7, 11) is -3.35. The maximum atomic E-state index is 11.8. The van der Waals surface area contributed by atoms with E-state index in [2.05, 4.69) is 5.32 Å². The quantitative estimate of drug-likeness (QED) is 0.868. The van der Waals surface area contributed by atoms with Crippen molar-refractivity contribution in [3.05, 3.63) is 23.2 Å². The van der Waals surface area contributed by atoms with Crippen LogP contribution in [0, 0.1) is 0 Å². The second-order valence-electron chi connectivity index (χ2n) is 4.30. The van der Waals surface area contributed by atoms with Crippen molar-refractivity contribution in [1.29, 1.82) is 0 Å². The van der Waals surface area contributed by atoms with Crippen LogP contribution in [0.4, 0.5) is 5.69 Å². The number of hydrogen-bond acceptors (Lipinski definition) is 4. The zero-order chi connectivity index (χ0) is 14.6. The maximum Gasteiger partial charge on any atom is 0.241 e. The zero-order valence-electron chi connectivity index (χ0n) is 10.8. The number of hydrogen-bond donors (Lipinski definition) is 2. The second kappa shape index (κ2) is 6.36. The molecule has 3 N–H and O–H groups in total. The van der Waals surface area contributed by atoms with E-state index in [0.717, 1.165) is 12.7 Å². The SMILES string of the molecule is CCC[C@H](N)C(=O)Nc1cc(S(C)(=O)=O)ccc1Cl. The minimum absolute atomic E-state index is 0.0938. The number of halogens is 1. The number of nitrogens with two attached hydrogens (primary N) is 1. The third-order valence-electron chi connectivity index (χ3n) is 2.56. The average Bonchev–Trinajstić information content (AvgIpc) is 2.30. The molecule has 0 radical (unpaired) electrons. The van der Waals surface area contributed by atoms with Gasteiger partial charge in [-0.15, -0.1) is 0 Å². The lowest BCUT2D eigenvalue weighted by atomic mass is 10.1. The van der Waals surface area contributed by atoms with Crippen molar-refractivity contribution < 1.29 is 13.2 Å². The van der Waals surface area contributed by atoms with Gasteiger partial charge in [-0.2, -0.15) is 0 Å². The van der Waals surface area contributed by atoms with E-state index >= 15 is 0 Å². The van der Waals surface area contributed by atoms with Gasteiger partial charge < -0.3 is 11.1 Å². The molecule has 1 atom stereocenters. The molecule has 19 heavy (non-hydrogen) atoms. The molecule has 0 heterocycles. The smallest absolute Gasteiger partial charge is 0.241 e. The van der Waals surface area contributed by atoms with Crippen molar-refractivity contribution in [2.75, 3.05) is 11.6 Å². The van der Waals surface area contributed by atoms with Crippen molar-refractivity contribution in [1.82, 2.24) is 0 Å². The number of sulfone groups is 1. The lowest BCUT2D eigenvalue weighted by molar-refractivity contribution is -0.117. The molecule has 0 aliphatic rings. The Morgan fingerprint density at radius 1 is 1.47 bits per heavy atom. The minimum atomic E-state index is -3.35. The van der Waals surface area contributed by atoms with E-state index < -0.39 is 15.9 Å². The van der Waals surface area contributed by atoms with Crippen molar-refractivity contribution in [2.45, 2.75) is 30.7 Å². The van der Waals surface area contributed by atoms with Gasteiger partial charge in [-0.25, -0.2) is 8.42 Å². The first kappa shape index (κ1) is 15.9. The van der Waals surface area contributed by atoms with Crippen molar-refractivity contribution in [3.8, 4) is 0 Å². The molecule has 0 saturated heterocycles.